The van der Waals surface area contributed by atoms with Gasteiger partial charge in [-0.25, -0.2) is 14.4 Å². The summed E-state index contributed by atoms with van der Waals surface area (Å²) in [5, 5.41) is 14.0. The maximum atomic E-state index is 14.2. The molecule has 0 radical (unpaired) electrons. The predicted molar refractivity (Wildman–Crippen MR) is 90.5 cm³/mol. The van der Waals surface area contributed by atoms with Crippen LogP contribution < -0.4 is 15.0 Å². The topological polar surface area (TPSA) is 93.4 Å². The standard InChI is InChI=1S/C16H18FN5O3/c1-25-15-10-13(12(17)9-14(15)22(23)24)20-11-3-7-21(8-4-11)16-18-5-2-6-19-16/h2,5-6,9-11,20H,3-4,7-8H2,1H3. The molecule has 132 valence electrons. The molecular weight excluding hydrogens is 329 g/mol. The molecule has 1 fully saturated rings. The van der Waals surface area contributed by atoms with Crippen molar-refractivity contribution in [3.05, 3.63) is 46.5 Å². The Labute approximate surface area is 143 Å². The number of anilines is 2. The molecule has 0 atom stereocenters. The molecule has 1 aromatic carbocycles. The summed E-state index contributed by atoms with van der Waals surface area (Å²) in [6, 6.07) is 4.04. The van der Waals surface area contributed by atoms with E-state index in [-0.39, 0.29) is 23.2 Å². The fourth-order valence-corrected chi connectivity index (χ4v) is 2.86. The van der Waals surface area contributed by atoms with Crippen molar-refractivity contribution >= 4 is 17.3 Å². The Balaban J connectivity index is 1.67. The number of nitrogens with zero attached hydrogens (tertiary/aromatic N) is 4. The first-order chi connectivity index (χ1) is 12.1. The lowest BCUT2D eigenvalue weighted by Gasteiger charge is -2.32. The Morgan fingerprint density at radius 3 is 2.60 bits per heavy atom. The quantitative estimate of drug-likeness (QED) is 0.656. The van der Waals surface area contributed by atoms with Gasteiger partial charge in [-0.3, -0.25) is 10.1 Å². The van der Waals surface area contributed by atoms with E-state index in [0.29, 0.717) is 5.95 Å². The number of nitrogens with one attached hydrogen (secondary N) is 1. The van der Waals surface area contributed by atoms with E-state index in [0.717, 1.165) is 32.0 Å². The smallest absolute Gasteiger partial charge is 0.313 e. The molecule has 1 N–H and O–H groups in total. The summed E-state index contributed by atoms with van der Waals surface area (Å²) in [4.78, 5) is 20.8. The Morgan fingerprint density at radius 1 is 1.32 bits per heavy atom. The van der Waals surface area contributed by atoms with Crippen LogP contribution in [0.2, 0.25) is 0 Å². The van der Waals surface area contributed by atoms with Crippen molar-refractivity contribution in [2.24, 2.45) is 0 Å². The van der Waals surface area contributed by atoms with Crippen LogP contribution >= 0.6 is 0 Å². The molecule has 0 saturated carbocycles. The molecular formula is C16H18FN5O3. The predicted octanol–water partition coefficient (Wildman–Crippen LogP) is 2.61. The molecule has 1 aromatic heterocycles. The summed E-state index contributed by atoms with van der Waals surface area (Å²) in [6.45, 7) is 1.49. The third-order valence-corrected chi connectivity index (χ3v) is 4.15. The van der Waals surface area contributed by atoms with Crippen molar-refractivity contribution in [2.75, 3.05) is 30.4 Å². The molecule has 1 aliphatic rings. The number of piperidine rings is 1. The monoisotopic (exact) mass is 347 g/mol. The molecule has 1 saturated heterocycles. The van der Waals surface area contributed by atoms with E-state index in [1.54, 1.807) is 18.5 Å². The van der Waals surface area contributed by atoms with E-state index in [1.165, 1.54) is 13.2 Å². The second kappa shape index (κ2) is 7.29. The van der Waals surface area contributed by atoms with Crippen LogP contribution in [0, 0.1) is 15.9 Å². The maximum Gasteiger partial charge on any atom is 0.313 e. The number of nitro benzene ring substituents is 1. The van der Waals surface area contributed by atoms with Crippen molar-refractivity contribution in [1.29, 1.82) is 0 Å². The number of halogens is 1. The van der Waals surface area contributed by atoms with Crippen LogP contribution in [-0.4, -0.2) is 41.1 Å². The third-order valence-electron chi connectivity index (χ3n) is 4.15. The molecule has 2 heterocycles. The second-order valence-corrected chi connectivity index (χ2v) is 5.72. The van der Waals surface area contributed by atoms with Gasteiger partial charge in [-0.05, 0) is 18.9 Å². The lowest BCUT2D eigenvalue weighted by Crippen LogP contribution is -2.40. The van der Waals surface area contributed by atoms with Gasteiger partial charge in [-0.2, -0.15) is 0 Å². The van der Waals surface area contributed by atoms with Crippen LogP contribution in [0.25, 0.3) is 0 Å². The molecule has 0 unspecified atom stereocenters. The van der Waals surface area contributed by atoms with Crippen LogP contribution in [0.3, 0.4) is 0 Å². The average Bonchev–Trinajstić information content (AvgIpc) is 2.64. The minimum absolute atomic E-state index is 0.0315. The summed E-state index contributed by atoms with van der Waals surface area (Å²) >= 11 is 0. The highest BCUT2D eigenvalue weighted by Gasteiger charge is 2.24. The van der Waals surface area contributed by atoms with Crippen molar-refractivity contribution in [2.45, 2.75) is 18.9 Å². The normalized spacial score (nSPS) is 15.0. The van der Waals surface area contributed by atoms with Crippen LogP contribution in [-0.2, 0) is 0 Å². The molecule has 0 aliphatic carbocycles. The van der Waals surface area contributed by atoms with Crippen LogP contribution in [0.4, 0.5) is 21.7 Å². The van der Waals surface area contributed by atoms with E-state index in [4.69, 9.17) is 4.74 Å². The van der Waals surface area contributed by atoms with Crippen molar-refractivity contribution in [1.82, 2.24) is 9.97 Å². The molecule has 0 spiro atoms. The molecule has 2 aromatic rings. The maximum absolute atomic E-state index is 14.2. The fourth-order valence-electron chi connectivity index (χ4n) is 2.86. The average molecular weight is 347 g/mol. The third kappa shape index (κ3) is 3.76. The Kier molecular flexibility index (Phi) is 4.92. The highest BCUT2D eigenvalue weighted by atomic mass is 19.1. The number of ether oxygens (including phenoxy) is 1. The number of methoxy groups -OCH3 is 1. The molecule has 3 rings (SSSR count). The van der Waals surface area contributed by atoms with Gasteiger partial charge in [-0.15, -0.1) is 0 Å². The lowest BCUT2D eigenvalue weighted by molar-refractivity contribution is -0.385. The molecule has 9 heteroatoms. The van der Waals surface area contributed by atoms with Gasteiger partial charge in [0.15, 0.2) is 11.6 Å². The van der Waals surface area contributed by atoms with Crippen LogP contribution in [0.1, 0.15) is 12.8 Å². The van der Waals surface area contributed by atoms with Crippen molar-refractivity contribution in [3.8, 4) is 5.75 Å². The first-order valence-corrected chi connectivity index (χ1v) is 7.89. The van der Waals surface area contributed by atoms with Crippen LogP contribution in [0.15, 0.2) is 30.6 Å². The highest BCUT2D eigenvalue weighted by molar-refractivity contribution is 5.59. The highest BCUT2D eigenvalue weighted by Crippen LogP contribution is 2.33. The summed E-state index contributed by atoms with van der Waals surface area (Å²) in [6.07, 6.45) is 4.95. The number of aromatic nitrogens is 2. The first kappa shape index (κ1) is 16.9. The SMILES string of the molecule is COc1cc(NC2CCN(c3ncccn3)CC2)c(F)cc1[N+](=O)[O-]. The van der Waals surface area contributed by atoms with E-state index >= 15 is 0 Å². The summed E-state index contributed by atoms with van der Waals surface area (Å²) in [5.74, 6) is 0.0504. The first-order valence-electron chi connectivity index (χ1n) is 7.89. The summed E-state index contributed by atoms with van der Waals surface area (Å²) in [7, 11) is 1.32. The zero-order valence-corrected chi connectivity index (χ0v) is 13.7. The zero-order valence-electron chi connectivity index (χ0n) is 13.7. The number of benzene rings is 1. The summed E-state index contributed by atoms with van der Waals surface area (Å²) in [5.41, 5.74) is -0.182. The fraction of sp³-hybridized carbons (Fsp3) is 0.375. The molecule has 8 nitrogen and oxygen atoms in total. The lowest BCUT2D eigenvalue weighted by atomic mass is 10.0. The number of rotatable bonds is 5. The van der Waals surface area contributed by atoms with Gasteiger partial charge in [0.25, 0.3) is 0 Å². The zero-order chi connectivity index (χ0) is 17.8. The second-order valence-electron chi connectivity index (χ2n) is 5.72. The molecule has 0 amide bonds. The van der Waals surface area contributed by atoms with Gasteiger partial charge in [0, 0.05) is 37.6 Å². The number of hydrogen-bond donors (Lipinski definition) is 1. The van der Waals surface area contributed by atoms with Gasteiger partial charge < -0.3 is 15.0 Å². The minimum atomic E-state index is -0.665. The van der Waals surface area contributed by atoms with Gasteiger partial charge >= 0.3 is 5.69 Å². The summed E-state index contributed by atoms with van der Waals surface area (Å²) < 4.78 is 19.2. The van der Waals surface area contributed by atoms with Gasteiger partial charge in [0.05, 0.1) is 23.8 Å². The number of hydrogen-bond acceptors (Lipinski definition) is 7. The largest absolute Gasteiger partial charge is 0.490 e. The molecule has 0 bridgehead atoms. The van der Waals surface area contributed by atoms with Crippen molar-refractivity contribution in [3.63, 3.8) is 0 Å². The van der Waals surface area contributed by atoms with Crippen LogP contribution in [0.5, 0.6) is 5.75 Å². The van der Waals surface area contributed by atoms with Gasteiger partial charge in [-0.1, -0.05) is 0 Å². The number of nitro groups is 1. The van der Waals surface area contributed by atoms with E-state index < -0.39 is 10.7 Å². The Bertz CT molecular complexity index is 751. The van der Waals surface area contributed by atoms with E-state index in [9.17, 15) is 14.5 Å². The molecule has 1 aliphatic heterocycles. The van der Waals surface area contributed by atoms with Gasteiger partial charge in [0.2, 0.25) is 5.95 Å². The minimum Gasteiger partial charge on any atom is -0.490 e. The van der Waals surface area contributed by atoms with E-state index in [1.807, 2.05) is 0 Å². The van der Waals surface area contributed by atoms with Gasteiger partial charge in [0.1, 0.15) is 0 Å². The Hall–Kier alpha value is -2.97. The van der Waals surface area contributed by atoms with E-state index in [2.05, 4.69) is 20.2 Å². The Morgan fingerprint density at radius 2 is 2.00 bits per heavy atom. The molecule has 25 heavy (non-hydrogen) atoms. The van der Waals surface area contributed by atoms with Crippen molar-refractivity contribution < 1.29 is 14.1 Å².